The maximum atomic E-state index is 14.0. The number of hydrogen-bond acceptors (Lipinski definition) is 5. The van der Waals surface area contributed by atoms with Crippen molar-refractivity contribution in [2.45, 2.75) is 24.7 Å². The second kappa shape index (κ2) is 7.29. The van der Waals surface area contributed by atoms with Crippen molar-refractivity contribution in [2.24, 2.45) is 0 Å². The molecule has 1 fully saturated rings. The van der Waals surface area contributed by atoms with Gasteiger partial charge in [-0.1, -0.05) is 60.7 Å². The van der Waals surface area contributed by atoms with Crippen molar-refractivity contribution in [2.75, 3.05) is 0 Å². The first-order valence-electron chi connectivity index (χ1n) is 8.93. The van der Waals surface area contributed by atoms with E-state index in [2.05, 4.69) is 10.2 Å². The summed E-state index contributed by atoms with van der Waals surface area (Å²) in [7, 11) is 0. The minimum atomic E-state index is -5.05. The summed E-state index contributed by atoms with van der Waals surface area (Å²) in [5.41, 5.74) is -2.66. The van der Waals surface area contributed by atoms with Crippen LogP contribution in [0.5, 0.6) is 0 Å². The maximum absolute atomic E-state index is 14.0. The van der Waals surface area contributed by atoms with E-state index in [1.54, 1.807) is 0 Å². The number of amides is 3. The van der Waals surface area contributed by atoms with E-state index in [4.69, 9.17) is 4.42 Å². The van der Waals surface area contributed by atoms with Gasteiger partial charge in [-0.15, -0.1) is 10.2 Å². The minimum Gasteiger partial charge on any atom is -0.423 e. The lowest BCUT2D eigenvalue weighted by molar-refractivity contribution is -0.198. The highest BCUT2D eigenvalue weighted by Gasteiger charge is 2.68. The van der Waals surface area contributed by atoms with Gasteiger partial charge in [0.25, 0.3) is 5.91 Å². The van der Waals surface area contributed by atoms with Gasteiger partial charge in [0.05, 0.1) is 6.42 Å². The Morgan fingerprint density at radius 2 is 1.53 bits per heavy atom. The Kier molecular flexibility index (Phi) is 4.76. The van der Waals surface area contributed by atoms with E-state index in [1.165, 1.54) is 18.2 Å². The highest BCUT2D eigenvalue weighted by atomic mass is 19.4. The van der Waals surface area contributed by atoms with Crippen LogP contribution < -0.4 is 5.32 Å². The summed E-state index contributed by atoms with van der Waals surface area (Å²) in [6, 6.07) is 14.5. The number of halogens is 3. The van der Waals surface area contributed by atoms with Gasteiger partial charge in [-0.2, -0.15) is 13.2 Å². The van der Waals surface area contributed by atoms with Crippen LogP contribution in [0.2, 0.25) is 0 Å². The molecule has 1 aliphatic rings. The van der Waals surface area contributed by atoms with Crippen molar-refractivity contribution < 1.29 is 27.2 Å². The van der Waals surface area contributed by atoms with Gasteiger partial charge in [0, 0.05) is 0 Å². The zero-order valence-electron chi connectivity index (χ0n) is 15.4. The zero-order chi connectivity index (χ0) is 21.4. The fraction of sp³-hybridized carbons (Fsp3) is 0.200. The summed E-state index contributed by atoms with van der Waals surface area (Å²) in [5, 5.41) is 9.41. The highest BCUT2D eigenvalue weighted by Crippen LogP contribution is 2.43. The molecular weight excluding hydrogens is 401 g/mol. The molecule has 1 unspecified atom stereocenters. The topological polar surface area (TPSA) is 88.3 Å². The average Bonchev–Trinajstić information content (AvgIpc) is 3.27. The molecule has 1 N–H and O–H groups in total. The first-order valence-corrected chi connectivity index (χ1v) is 8.93. The van der Waals surface area contributed by atoms with E-state index in [-0.39, 0.29) is 17.3 Å². The molecule has 3 aromatic rings. The SMILES string of the molecule is O=C1NC(c2ccccc2)(C(F)(F)F)C(=O)N1Cc1nnc(Cc2ccccc2)o1. The number of imide groups is 1. The Balaban J connectivity index is 1.59. The molecule has 3 amide bonds. The van der Waals surface area contributed by atoms with Gasteiger partial charge in [0.2, 0.25) is 17.3 Å². The lowest BCUT2D eigenvalue weighted by atomic mass is 9.89. The van der Waals surface area contributed by atoms with Gasteiger partial charge >= 0.3 is 12.2 Å². The van der Waals surface area contributed by atoms with Crippen molar-refractivity contribution >= 4 is 11.9 Å². The molecule has 1 atom stereocenters. The summed E-state index contributed by atoms with van der Waals surface area (Å²) in [4.78, 5) is 25.6. The second-order valence-corrected chi connectivity index (χ2v) is 6.69. The van der Waals surface area contributed by atoms with Gasteiger partial charge < -0.3 is 9.73 Å². The molecule has 30 heavy (non-hydrogen) atoms. The minimum absolute atomic E-state index is 0.143. The molecule has 4 rings (SSSR count). The number of nitrogens with zero attached hydrogens (tertiary/aromatic N) is 3. The molecule has 0 radical (unpaired) electrons. The van der Waals surface area contributed by atoms with Gasteiger partial charge in [-0.25, -0.2) is 4.79 Å². The monoisotopic (exact) mass is 416 g/mol. The van der Waals surface area contributed by atoms with Crippen molar-refractivity contribution in [3.63, 3.8) is 0 Å². The van der Waals surface area contributed by atoms with Crippen molar-refractivity contribution in [3.05, 3.63) is 83.6 Å². The lowest BCUT2D eigenvalue weighted by Crippen LogP contribution is -2.55. The number of nitrogens with one attached hydrogen (secondary N) is 1. The Bertz CT molecular complexity index is 1070. The number of rotatable bonds is 5. The molecule has 0 bridgehead atoms. The van der Waals surface area contributed by atoms with Crippen molar-refractivity contribution in [1.29, 1.82) is 0 Å². The van der Waals surface area contributed by atoms with Crippen LogP contribution >= 0.6 is 0 Å². The van der Waals surface area contributed by atoms with Crippen LogP contribution in [0.25, 0.3) is 0 Å². The van der Waals surface area contributed by atoms with Crippen LogP contribution in [-0.4, -0.2) is 33.2 Å². The predicted octanol–water partition coefficient (Wildman–Crippen LogP) is 3.17. The largest absolute Gasteiger partial charge is 0.425 e. The van der Waals surface area contributed by atoms with Crippen LogP contribution in [0.1, 0.15) is 22.9 Å². The van der Waals surface area contributed by atoms with Gasteiger partial charge in [0.15, 0.2) is 0 Å². The molecule has 1 aliphatic heterocycles. The Morgan fingerprint density at radius 3 is 2.17 bits per heavy atom. The van der Waals surface area contributed by atoms with Crippen LogP contribution in [0.15, 0.2) is 65.1 Å². The van der Waals surface area contributed by atoms with Crippen molar-refractivity contribution in [3.8, 4) is 0 Å². The average molecular weight is 416 g/mol. The molecule has 0 saturated carbocycles. The molecule has 2 aromatic carbocycles. The molecular formula is C20H15F3N4O3. The molecule has 2 heterocycles. The molecule has 154 valence electrons. The Morgan fingerprint density at radius 1 is 0.933 bits per heavy atom. The van der Waals surface area contributed by atoms with Gasteiger partial charge in [0.1, 0.15) is 6.54 Å². The van der Waals surface area contributed by atoms with Gasteiger partial charge in [-0.3, -0.25) is 9.69 Å². The van der Waals surface area contributed by atoms with E-state index >= 15 is 0 Å². The Labute approximate surface area is 168 Å². The third-order valence-corrected chi connectivity index (χ3v) is 4.74. The Hall–Kier alpha value is -3.69. The zero-order valence-corrected chi connectivity index (χ0v) is 15.4. The number of urea groups is 1. The van der Waals surface area contributed by atoms with Crippen LogP contribution in [0.4, 0.5) is 18.0 Å². The number of hydrogen-bond donors (Lipinski definition) is 1. The predicted molar refractivity (Wildman–Crippen MR) is 96.8 cm³/mol. The number of aromatic nitrogens is 2. The summed E-state index contributed by atoms with van der Waals surface area (Å²) < 4.78 is 47.3. The summed E-state index contributed by atoms with van der Waals surface area (Å²) in [5.74, 6) is -1.38. The number of benzene rings is 2. The molecule has 7 nitrogen and oxygen atoms in total. The van der Waals surface area contributed by atoms with E-state index in [1.807, 2.05) is 35.6 Å². The molecule has 1 saturated heterocycles. The summed E-state index contributed by atoms with van der Waals surface area (Å²) in [6.07, 6.45) is -4.74. The molecule has 0 spiro atoms. The number of carbonyl (C=O) groups excluding carboxylic acids is 2. The first-order chi connectivity index (χ1) is 14.3. The van der Waals surface area contributed by atoms with Crippen LogP contribution in [0.3, 0.4) is 0 Å². The summed E-state index contributed by atoms with van der Waals surface area (Å²) >= 11 is 0. The number of carbonyl (C=O) groups is 2. The summed E-state index contributed by atoms with van der Waals surface area (Å²) in [6.45, 7) is -0.572. The van der Waals surface area contributed by atoms with Crippen molar-refractivity contribution in [1.82, 2.24) is 20.4 Å². The fourth-order valence-electron chi connectivity index (χ4n) is 3.29. The van der Waals surface area contributed by atoms with Crippen LogP contribution in [-0.2, 0) is 23.3 Å². The smallest absolute Gasteiger partial charge is 0.423 e. The maximum Gasteiger partial charge on any atom is 0.425 e. The van der Waals surface area contributed by atoms with Gasteiger partial charge in [-0.05, 0) is 11.1 Å². The van der Waals surface area contributed by atoms with Crippen LogP contribution in [0, 0.1) is 0 Å². The van der Waals surface area contributed by atoms with E-state index in [0.717, 1.165) is 17.7 Å². The number of alkyl halides is 3. The van der Waals surface area contributed by atoms with E-state index < -0.39 is 30.2 Å². The lowest BCUT2D eigenvalue weighted by Gasteiger charge is -2.29. The third kappa shape index (κ3) is 3.30. The first kappa shape index (κ1) is 19.6. The second-order valence-electron chi connectivity index (χ2n) is 6.69. The highest BCUT2D eigenvalue weighted by molar-refractivity contribution is 6.08. The molecule has 1 aromatic heterocycles. The standard InChI is InChI=1S/C20H15F3N4O3/c21-20(22,23)19(14-9-5-2-6-10-14)17(28)27(18(29)24-19)12-16-26-25-15(30-16)11-13-7-3-1-4-8-13/h1-10H,11-12H2,(H,24,29). The molecule has 10 heteroatoms. The van der Waals surface area contributed by atoms with E-state index in [0.29, 0.717) is 11.3 Å². The quantitative estimate of drug-likeness (QED) is 0.646. The third-order valence-electron chi connectivity index (χ3n) is 4.74. The fourth-order valence-corrected chi connectivity index (χ4v) is 3.29. The molecule has 0 aliphatic carbocycles. The van der Waals surface area contributed by atoms with E-state index in [9.17, 15) is 22.8 Å². The normalized spacial score (nSPS) is 19.2.